The molecular formula is C13H7Cl2F3N2O2. The molecule has 0 aliphatic rings. The van der Waals surface area contributed by atoms with Gasteiger partial charge in [-0.15, -0.1) is 0 Å². The number of carbonyl (C=O) groups is 1. The molecule has 0 aliphatic heterocycles. The summed E-state index contributed by atoms with van der Waals surface area (Å²) in [7, 11) is 0. The van der Waals surface area contributed by atoms with Crippen LogP contribution in [0.1, 0.15) is 16.1 Å². The van der Waals surface area contributed by atoms with Crippen molar-refractivity contribution in [2.24, 2.45) is 0 Å². The molecule has 9 heteroatoms. The third kappa shape index (κ3) is 3.61. The first-order valence-electron chi connectivity index (χ1n) is 5.71. The van der Waals surface area contributed by atoms with Gasteiger partial charge in [0.2, 0.25) is 0 Å². The number of pyridine rings is 1. The second-order valence-corrected chi connectivity index (χ2v) is 5.01. The number of hydrogen-bond donors (Lipinski definition) is 2. The number of anilines is 1. The van der Waals surface area contributed by atoms with Crippen molar-refractivity contribution in [3.05, 3.63) is 51.8 Å². The van der Waals surface area contributed by atoms with Gasteiger partial charge < -0.3 is 10.4 Å². The van der Waals surface area contributed by atoms with Crippen LogP contribution >= 0.6 is 23.2 Å². The summed E-state index contributed by atoms with van der Waals surface area (Å²) in [4.78, 5) is 15.1. The third-order valence-corrected chi connectivity index (χ3v) is 3.09. The SMILES string of the molecule is O=C(Nc1cnc(C(F)(F)F)c(Cl)c1)c1cc(Cl)ccc1O. The lowest BCUT2D eigenvalue weighted by molar-refractivity contribution is -0.141. The number of benzene rings is 1. The maximum absolute atomic E-state index is 12.5. The average Bonchev–Trinajstić information content (AvgIpc) is 2.40. The van der Waals surface area contributed by atoms with E-state index in [-0.39, 0.29) is 22.0 Å². The Morgan fingerprint density at radius 3 is 2.50 bits per heavy atom. The van der Waals surface area contributed by atoms with Crippen LogP contribution in [-0.2, 0) is 6.18 Å². The number of amides is 1. The van der Waals surface area contributed by atoms with Crippen molar-refractivity contribution in [3.63, 3.8) is 0 Å². The minimum absolute atomic E-state index is 0.0534. The molecule has 0 bridgehead atoms. The molecule has 0 atom stereocenters. The van der Waals surface area contributed by atoms with Crippen LogP contribution in [0.2, 0.25) is 10.0 Å². The molecule has 0 radical (unpaired) electrons. The first kappa shape index (κ1) is 16.4. The zero-order valence-electron chi connectivity index (χ0n) is 10.6. The van der Waals surface area contributed by atoms with E-state index in [4.69, 9.17) is 23.2 Å². The second-order valence-electron chi connectivity index (χ2n) is 4.17. The molecule has 4 nitrogen and oxygen atoms in total. The van der Waals surface area contributed by atoms with Gasteiger partial charge in [-0.1, -0.05) is 23.2 Å². The Bertz CT molecular complexity index is 736. The van der Waals surface area contributed by atoms with Gasteiger partial charge in [-0.05, 0) is 24.3 Å². The highest BCUT2D eigenvalue weighted by molar-refractivity contribution is 6.32. The van der Waals surface area contributed by atoms with Gasteiger partial charge in [0.1, 0.15) is 5.75 Å². The molecule has 1 heterocycles. The summed E-state index contributed by atoms with van der Waals surface area (Å²) in [6.07, 6.45) is -3.88. The summed E-state index contributed by atoms with van der Waals surface area (Å²) in [5.41, 5.74) is -1.44. The number of nitrogens with zero attached hydrogens (tertiary/aromatic N) is 1. The largest absolute Gasteiger partial charge is 0.507 e. The van der Waals surface area contributed by atoms with Crippen LogP contribution in [0.3, 0.4) is 0 Å². The lowest BCUT2D eigenvalue weighted by atomic mass is 10.2. The van der Waals surface area contributed by atoms with Crippen molar-refractivity contribution in [1.82, 2.24) is 4.98 Å². The standard InChI is InChI=1S/C13H7Cl2F3N2O2/c14-6-1-2-10(21)8(3-6)12(22)20-7-4-9(15)11(19-5-7)13(16,17)18/h1-5,21H,(H,20,22). The number of halogens is 5. The minimum atomic E-state index is -4.69. The summed E-state index contributed by atoms with van der Waals surface area (Å²) in [6, 6.07) is 4.72. The van der Waals surface area contributed by atoms with Crippen LogP contribution in [0.15, 0.2) is 30.5 Å². The molecule has 0 saturated carbocycles. The predicted octanol–water partition coefficient (Wildman–Crippen LogP) is 4.37. The molecule has 0 saturated heterocycles. The molecule has 0 fully saturated rings. The van der Waals surface area contributed by atoms with Gasteiger partial charge in [-0.3, -0.25) is 4.79 Å². The molecule has 0 aliphatic carbocycles. The van der Waals surface area contributed by atoms with Crippen LogP contribution in [0.5, 0.6) is 5.75 Å². The molecule has 0 unspecified atom stereocenters. The first-order chi connectivity index (χ1) is 10.2. The Morgan fingerprint density at radius 2 is 1.91 bits per heavy atom. The van der Waals surface area contributed by atoms with E-state index in [1.54, 1.807) is 0 Å². The summed E-state index contributed by atoms with van der Waals surface area (Å²) in [5.74, 6) is -1.09. The van der Waals surface area contributed by atoms with Crippen molar-refractivity contribution in [3.8, 4) is 5.75 Å². The van der Waals surface area contributed by atoms with Gasteiger partial charge in [-0.2, -0.15) is 13.2 Å². The number of hydrogen-bond acceptors (Lipinski definition) is 3. The molecule has 116 valence electrons. The molecule has 1 aromatic carbocycles. The minimum Gasteiger partial charge on any atom is -0.507 e. The lowest BCUT2D eigenvalue weighted by Gasteiger charge is -2.10. The molecule has 0 spiro atoms. The smallest absolute Gasteiger partial charge is 0.434 e. The number of phenolic OH excluding ortho intramolecular Hbond substituents is 1. The van der Waals surface area contributed by atoms with E-state index in [1.165, 1.54) is 18.2 Å². The Balaban J connectivity index is 2.26. The monoisotopic (exact) mass is 350 g/mol. The molecule has 22 heavy (non-hydrogen) atoms. The summed E-state index contributed by atoms with van der Waals surface area (Å²) in [6.45, 7) is 0. The van der Waals surface area contributed by atoms with E-state index in [0.717, 1.165) is 12.3 Å². The topological polar surface area (TPSA) is 62.2 Å². The van der Waals surface area contributed by atoms with Gasteiger partial charge in [-0.25, -0.2) is 4.98 Å². The fourth-order valence-corrected chi connectivity index (χ4v) is 2.05. The molecular weight excluding hydrogens is 344 g/mol. The first-order valence-corrected chi connectivity index (χ1v) is 6.46. The van der Waals surface area contributed by atoms with Crippen molar-refractivity contribution < 1.29 is 23.1 Å². The van der Waals surface area contributed by atoms with Crippen LogP contribution in [0.4, 0.5) is 18.9 Å². The van der Waals surface area contributed by atoms with Gasteiger partial charge in [0.05, 0.1) is 22.5 Å². The van der Waals surface area contributed by atoms with Gasteiger partial charge >= 0.3 is 6.18 Å². The van der Waals surface area contributed by atoms with E-state index < -0.39 is 22.8 Å². The van der Waals surface area contributed by atoms with Crippen LogP contribution in [0.25, 0.3) is 0 Å². The van der Waals surface area contributed by atoms with Crippen molar-refractivity contribution in [2.75, 3.05) is 5.32 Å². The number of rotatable bonds is 2. The van der Waals surface area contributed by atoms with Crippen molar-refractivity contribution in [1.29, 1.82) is 0 Å². The number of carbonyl (C=O) groups excluding carboxylic acids is 1. The molecule has 2 N–H and O–H groups in total. The van der Waals surface area contributed by atoms with Crippen LogP contribution < -0.4 is 5.32 Å². The third-order valence-electron chi connectivity index (χ3n) is 2.57. The highest BCUT2D eigenvalue weighted by atomic mass is 35.5. The van der Waals surface area contributed by atoms with E-state index in [0.29, 0.717) is 0 Å². The van der Waals surface area contributed by atoms with E-state index in [1.807, 2.05) is 0 Å². The summed E-state index contributed by atoms with van der Waals surface area (Å²) >= 11 is 11.2. The number of aromatic hydroxyl groups is 1. The van der Waals surface area contributed by atoms with E-state index >= 15 is 0 Å². The average molecular weight is 351 g/mol. The Labute approximate surface area is 132 Å². The van der Waals surface area contributed by atoms with E-state index in [9.17, 15) is 23.1 Å². The van der Waals surface area contributed by atoms with Crippen molar-refractivity contribution in [2.45, 2.75) is 6.18 Å². The molecule has 1 aromatic heterocycles. The van der Waals surface area contributed by atoms with Gasteiger partial charge in [0, 0.05) is 5.02 Å². The number of nitrogens with one attached hydrogen (secondary N) is 1. The Kier molecular flexibility index (Phi) is 4.48. The fraction of sp³-hybridized carbons (Fsp3) is 0.0769. The highest BCUT2D eigenvalue weighted by Crippen LogP contribution is 2.34. The fourth-order valence-electron chi connectivity index (χ4n) is 1.60. The number of aromatic nitrogens is 1. The Hall–Kier alpha value is -1.99. The molecule has 1 amide bonds. The number of phenols is 1. The second kappa shape index (κ2) is 6.02. The zero-order chi connectivity index (χ0) is 16.5. The van der Waals surface area contributed by atoms with Gasteiger partial charge in [0.15, 0.2) is 5.69 Å². The number of alkyl halides is 3. The molecule has 2 aromatic rings. The zero-order valence-corrected chi connectivity index (χ0v) is 12.1. The highest BCUT2D eigenvalue weighted by Gasteiger charge is 2.35. The normalized spacial score (nSPS) is 11.3. The quantitative estimate of drug-likeness (QED) is 0.845. The summed E-state index contributed by atoms with van der Waals surface area (Å²) in [5, 5.41) is 11.4. The van der Waals surface area contributed by atoms with Gasteiger partial charge in [0.25, 0.3) is 5.91 Å². The molecule has 2 rings (SSSR count). The predicted molar refractivity (Wildman–Crippen MR) is 75.3 cm³/mol. The van der Waals surface area contributed by atoms with Crippen LogP contribution in [0, 0.1) is 0 Å². The maximum atomic E-state index is 12.5. The van der Waals surface area contributed by atoms with Crippen LogP contribution in [-0.4, -0.2) is 16.0 Å². The summed E-state index contributed by atoms with van der Waals surface area (Å²) < 4.78 is 37.6. The lowest BCUT2D eigenvalue weighted by Crippen LogP contribution is -2.14. The maximum Gasteiger partial charge on any atom is 0.434 e. The van der Waals surface area contributed by atoms with E-state index in [2.05, 4.69) is 10.3 Å². The van der Waals surface area contributed by atoms with Crippen molar-refractivity contribution >= 4 is 34.8 Å². The Morgan fingerprint density at radius 1 is 1.23 bits per heavy atom.